The first-order chi connectivity index (χ1) is 8.59. The second-order valence-electron chi connectivity index (χ2n) is 5.15. The fourth-order valence-corrected chi connectivity index (χ4v) is 2.15. The third kappa shape index (κ3) is 2.67. The van der Waals surface area contributed by atoms with Crippen molar-refractivity contribution in [2.45, 2.75) is 46.1 Å². The molecule has 3 heteroatoms. The number of nitrogens with one attached hydrogen (secondary N) is 1. The van der Waals surface area contributed by atoms with Crippen molar-refractivity contribution < 1.29 is 4.74 Å². The second kappa shape index (κ2) is 5.44. The van der Waals surface area contributed by atoms with Crippen LogP contribution in [-0.4, -0.2) is 23.3 Å². The van der Waals surface area contributed by atoms with E-state index in [1.807, 2.05) is 24.3 Å². The molecule has 0 radical (unpaired) electrons. The molecule has 0 saturated carbocycles. The van der Waals surface area contributed by atoms with Crippen molar-refractivity contribution in [2.75, 3.05) is 0 Å². The van der Waals surface area contributed by atoms with Crippen molar-refractivity contribution in [3.05, 3.63) is 47.9 Å². The Morgan fingerprint density at radius 2 is 1.72 bits per heavy atom. The normalized spacial score (nSPS) is 26.1. The Morgan fingerprint density at radius 1 is 1.06 bits per heavy atom. The maximum Gasteiger partial charge on any atom is 0.230 e. The predicted molar refractivity (Wildman–Crippen MR) is 74.6 cm³/mol. The molecule has 0 aromatic rings. The van der Waals surface area contributed by atoms with E-state index in [2.05, 4.69) is 50.1 Å². The maximum atomic E-state index is 6.01. The van der Waals surface area contributed by atoms with Gasteiger partial charge in [-0.1, -0.05) is 24.3 Å². The van der Waals surface area contributed by atoms with Gasteiger partial charge in [0.1, 0.15) is 5.76 Å². The number of hydrogen-bond acceptors (Lipinski definition) is 3. The average molecular weight is 246 g/mol. The molecule has 3 nitrogen and oxygen atoms in total. The third-order valence-electron chi connectivity index (χ3n) is 2.89. The Labute approximate surface area is 110 Å². The summed E-state index contributed by atoms with van der Waals surface area (Å²) in [6.07, 6.45) is 12.1. The van der Waals surface area contributed by atoms with Gasteiger partial charge in [0.2, 0.25) is 6.35 Å². The zero-order valence-electron chi connectivity index (χ0n) is 11.6. The van der Waals surface area contributed by atoms with E-state index in [9.17, 15) is 0 Å². The quantitative estimate of drug-likeness (QED) is 0.828. The Kier molecular flexibility index (Phi) is 3.92. The minimum Gasteiger partial charge on any atom is -0.455 e. The van der Waals surface area contributed by atoms with E-state index in [4.69, 9.17) is 4.74 Å². The summed E-state index contributed by atoms with van der Waals surface area (Å²) in [6.45, 7) is 8.62. The highest BCUT2D eigenvalue weighted by atomic mass is 16.5. The largest absolute Gasteiger partial charge is 0.455 e. The Bertz CT molecular complexity index is 416. The molecule has 1 fully saturated rings. The van der Waals surface area contributed by atoms with E-state index in [-0.39, 0.29) is 6.35 Å². The fourth-order valence-electron chi connectivity index (χ4n) is 2.15. The first-order valence-electron chi connectivity index (χ1n) is 6.56. The summed E-state index contributed by atoms with van der Waals surface area (Å²) in [5.74, 6) is 0.933. The van der Waals surface area contributed by atoms with Crippen LogP contribution in [0.1, 0.15) is 27.7 Å². The van der Waals surface area contributed by atoms with Crippen LogP contribution < -0.4 is 5.32 Å². The van der Waals surface area contributed by atoms with E-state index in [1.165, 1.54) is 0 Å². The van der Waals surface area contributed by atoms with E-state index in [0.29, 0.717) is 12.1 Å². The van der Waals surface area contributed by atoms with Crippen molar-refractivity contribution >= 4 is 0 Å². The van der Waals surface area contributed by atoms with Crippen molar-refractivity contribution in [1.29, 1.82) is 0 Å². The number of ether oxygens (including phenoxy) is 1. The maximum absolute atomic E-state index is 6.01. The minimum absolute atomic E-state index is 0.0811. The molecular weight excluding hydrogens is 224 g/mol. The lowest BCUT2D eigenvalue weighted by Gasteiger charge is -2.30. The monoisotopic (exact) mass is 246 g/mol. The molecule has 18 heavy (non-hydrogen) atoms. The van der Waals surface area contributed by atoms with Gasteiger partial charge in [0.05, 0.1) is 5.70 Å². The van der Waals surface area contributed by atoms with Gasteiger partial charge in [0, 0.05) is 12.1 Å². The summed E-state index contributed by atoms with van der Waals surface area (Å²) in [5, 5.41) is 3.44. The molecule has 1 heterocycles. The third-order valence-corrected chi connectivity index (χ3v) is 2.89. The standard InChI is InChI=1S/C15H22N2O/c1-11(2)16-15-17(12(3)4)13-9-7-5-6-8-10-14(13)18-15/h5-12,15-16H,1-4H3/b6-5?,7-5-,8-6-,9-7?,10-8?,13-9?,14-10?. The van der Waals surface area contributed by atoms with Gasteiger partial charge in [-0.3, -0.25) is 5.32 Å². The molecule has 0 bridgehead atoms. The zero-order chi connectivity index (χ0) is 13.1. The number of nitrogens with zero attached hydrogens (tertiary/aromatic N) is 1. The summed E-state index contributed by atoms with van der Waals surface area (Å²) in [5.41, 5.74) is 1.14. The number of allylic oxidation sites excluding steroid dienone is 6. The molecule has 0 spiro atoms. The molecule has 2 aliphatic rings. The molecule has 1 aliphatic carbocycles. The highest BCUT2D eigenvalue weighted by molar-refractivity contribution is 5.37. The second-order valence-corrected chi connectivity index (χ2v) is 5.15. The van der Waals surface area contributed by atoms with Crippen molar-refractivity contribution in [2.24, 2.45) is 0 Å². The smallest absolute Gasteiger partial charge is 0.230 e. The molecule has 1 N–H and O–H groups in total. The number of hydrogen-bond donors (Lipinski definition) is 1. The van der Waals surface area contributed by atoms with Gasteiger partial charge >= 0.3 is 0 Å². The molecule has 0 amide bonds. The van der Waals surface area contributed by atoms with Gasteiger partial charge in [-0.15, -0.1) is 0 Å². The van der Waals surface area contributed by atoms with E-state index >= 15 is 0 Å². The van der Waals surface area contributed by atoms with Gasteiger partial charge in [-0.25, -0.2) is 0 Å². The van der Waals surface area contributed by atoms with Gasteiger partial charge in [-0.05, 0) is 39.8 Å². The first-order valence-corrected chi connectivity index (χ1v) is 6.56. The number of rotatable bonds is 3. The van der Waals surface area contributed by atoms with Crippen molar-refractivity contribution in [1.82, 2.24) is 10.2 Å². The van der Waals surface area contributed by atoms with Gasteiger partial charge in [-0.2, -0.15) is 0 Å². The minimum atomic E-state index is -0.0811. The first kappa shape index (κ1) is 13.0. The van der Waals surface area contributed by atoms with E-state index in [0.717, 1.165) is 11.5 Å². The van der Waals surface area contributed by atoms with Crippen LogP contribution in [0.3, 0.4) is 0 Å². The molecule has 1 aliphatic heterocycles. The highest BCUT2D eigenvalue weighted by Gasteiger charge is 2.35. The fraction of sp³-hybridized carbons (Fsp3) is 0.467. The van der Waals surface area contributed by atoms with E-state index < -0.39 is 0 Å². The molecule has 1 saturated heterocycles. The molecule has 2 rings (SSSR count). The van der Waals surface area contributed by atoms with Crippen molar-refractivity contribution in [3.63, 3.8) is 0 Å². The summed E-state index contributed by atoms with van der Waals surface area (Å²) in [4.78, 5) is 2.27. The summed E-state index contributed by atoms with van der Waals surface area (Å²) in [6, 6.07) is 0.767. The lowest BCUT2D eigenvalue weighted by molar-refractivity contribution is 0.00950. The highest BCUT2D eigenvalue weighted by Crippen LogP contribution is 2.31. The van der Waals surface area contributed by atoms with Crippen molar-refractivity contribution in [3.8, 4) is 0 Å². The summed E-state index contributed by atoms with van der Waals surface area (Å²) < 4.78 is 6.01. The Hall–Kier alpha value is -1.48. The van der Waals surface area contributed by atoms with Crippen LogP contribution in [0.2, 0.25) is 0 Å². The van der Waals surface area contributed by atoms with E-state index in [1.54, 1.807) is 0 Å². The van der Waals surface area contributed by atoms with Gasteiger partial charge in [0.25, 0.3) is 0 Å². The number of fused-ring (bicyclic) bond motifs is 1. The van der Waals surface area contributed by atoms with Gasteiger partial charge < -0.3 is 9.64 Å². The Balaban J connectivity index is 2.31. The van der Waals surface area contributed by atoms with Crippen LogP contribution in [0.4, 0.5) is 0 Å². The predicted octanol–water partition coefficient (Wildman–Crippen LogP) is 2.90. The lowest BCUT2D eigenvalue weighted by Crippen LogP contribution is -2.47. The van der Waals surface area contributed by atoms with Crippen LogP contribution in [0.25, 0.3) is 0 Å². The SMILES string of the molecule is CC(C)NC1OC2=C/C=C\C=C/C=C2N1C(C)C. The lowest BCUT2D eigenvalue weighted by atomic mass is 10.2. The van der Waals surface area contributed by atoms with Crippen LogP contribution in [-0.2, 0) is 4.74 Å². The summed E-state index contributed by atoms with van der Waals surface area (Å²) in [7, 11) is 0. The topological polar surface area (TPSA) is 24.5 Å². The average Bonchev–Trinajstić information content (AvgIpc) is 2.55. The van der Waals surface area contributed by atoms with Crippen LogP contribution in [0.5, 0.6) is 0 Å². The molecular formula is C15H22N2O. The molecule has 1 unspecified atom stereocenters. The van der Waals surface area contributed by atoms with Crippen LogP contribution >= 0.6 is 0 Å². The van der Waals surface area contributed by atoms with Crippen LogP contribution in [0.15, 0.2) is 47.9 Å². The summed E-state index contributed by atoms with van der Waals surface area (Å²) >= 11 is 0. The molecule has 98 valence electrons. The molecule has 0 aromatic carbocycles. The Morgan fingerprint density at radius 3 is 2.33 bits per heavy atom. The molecule has 1 atom stereocenters. The van der Waals surface area contributed by atoms with Gasteiger partial charge in [0.15, 0.2) is 0 Å². The zero-order valence-corrected chi connectivity index (χ0v) is 11.6. The van der Waals surface area contributed by atoms with Crippen LogP contribution in [0, 0.1) is 0 Å². The molecule has 0 aromatic heterocycles.